The lowest BCUT2D eigenvalue weighted by molar-refractivity contribution is 0.0991. The molecule has 0 radical (unpaired) electrons. The smallest absolute Gasteiger partial charge is 0.319 e. The highest BCUT2D eigenvalue weighted by Crippen LogP contribution is 2.40. The Balaban J connectivity index is 1.63. The molecule has 1 saturated carbocycles. The number of urea groups is 1. The summed E-state index contributed by atoms with van der Waals surface area (Å²) in [6.45, 7) is 6.88. The van der Waals surface area contributed by atoms with Crippen LogP contribution in [0.2, 0.25) is 0 Å². The summed E-state index contributed by atoms with van der Waals surface area (Å²) in [5.74, 6) is 0.156. The Morgan fingerprint density at radius 2 is 2.03 bits per heavy atom. The number of primary amides is 1. The summed E-state index contributed by atoms with van der Waals surface area (Å²) in [4.78, 5) is 14.5. The van der Waals surface area contributed by atoms with Crippen LogP contribution in [0, 0.1) is 11.2 Å². The minimum atomic E-state index is -0.494. The number of nitrogens with one attached hydrogen (secondary N) is 1. The van der Waals surface area contributed by atoms with Gasteiger partial charge < -0.3 is 15.8 Å². The fourth-order valence-corrected chi connectivity index (χ4v) is 5.05. The lowest BCUT2D eigenvalue weighted by Crippen LogP contribution is -2.36. The van der Waals surface area contributed by atoms with E-state index in [0.717, 1.165) is 47.5 Å². The van der Waals surface area contributed by atoms with Gasteiger partial charge in [0.2, 0.25) is 0 Å². The Kier molecular flexibility index (Phi) is 5.49. The first kappa shape index (κ1) is 20.7. The van der Waals surface area contributed by atoms with Gasteiger partial charge in [-0.3, -0.25) is 4.90 Å². The molecule has 1 aliphatic heterocycles. The molecule has 7 heteroatoms. The molecule has 160 valence electrons. The maximum atomic E-state index is 14.0. The second-order valence-electron chi connectivity index (χ2n) is 8.89. The molecule has 1 fully saturated rings. The largest absolute Gasteiger partial charge is 0.488 e. The number of fused-ring (bicyclic) bond motifs is 1. The normalized spacial score (nSPS) is 18.9. The van der Waals surface area contributed by atoms with Crippen molar-refractivity contribution in [3.05, 3.63) is 51.6 Å². The van der Waals surface area contributed by atoms with Gasteiger partial charge in [0.15, 0.2) is 0 Å². The maximum Gasteiger partial charge on any atom is 0.319 e. The van der Waals surface area contributed by atoms with Crippen LogP contribution in [0.15, 0.2) is 35.3 Å². The molecule has 0 bridgehead atoms. The van der Waals surface area contributed by atoms with Crippen LogP contribution in [-0.2, 0) is 6.54 Å². The molecule has 30 heavy (non-hydrogen) atoms. The van der Waals surface area contributed by atoms with Crippen molar-refractivity contribution >= 4 is 28.8 Å². The second kappa shape index (κ2) is 7.95. The highest BCUT2D eigenvalue weighted by molar-refractivity contribution is 7.10. The number of carbonyl (C=O) groups is 1. The average molecular weight is 430 g/mol. The van der Waals surface area contributed by atoms with Crippen LogP contribution in [0.25, 0.3) is 5.70 Å². The highest BCUT2D eigenvalue weighted by Gasteiger charge is 2.29. The predicted molar refractivity (Wildman–Crippen MR) is 119 cm³/mol. The number of allylic oxidation sites excluding steroid dienone is 1. The minimum Gasteiger partial charge on any atom is -0.488 e. The van der Waals surface area contributed by atoms with Crippen LogP contribution < -0.4 is 15.8 Å². The van der Waals surface area contributed by atoms with Gasteiger partial charge in [-0.2, -0.15) is 0 Å². The van der Waals surface area contributed by atoms with Crippen molar-refractivity contribution in [1.82, 2.24) is 4.90 Å². The number of anilines is 1. The summed E-state index contributed by atoms with van der Waals surface area (Å²) >= 11 is 1.58. The highest BCUT2D eigenvalue weighted by atomic mass is 32.1. The van der Waals surface area contributed by atoms with Gasteiger partial charge in [-0.15, -0.1) is 11.3 Å². The van der Waals surface area contributed by atoms with E-state index in [0.29, 0.717) is 23.4 Å². The van der Waals surface area contributed by atoms with Crippen LogP contribution in [0.4, 0.5) is 14.9 Å². The molecule has 2 amide bonds. The number of amides is 2. The lowest BCUT2D eigenvalue weighted by atomic mass is 9.76. The van der Waals surface area contributed by atoms with E-state index in [4.69, 9.17) is 10.5 Å². The molecule has 0 atom stereocenters. The van der Waals surface area contributed by atoms with E-state index >= 15 is 0 Å². The van der Waals surface area contributed by atoms with E-state index in [1.807, 2.05) is 18.4 Å². The molecule has 1 aliphatic carbocycles. The second-order valence-corrected chi connectivity index (χ2v) is 9.89. The minimum absolute atomic E-state index is 0.0700. The van der Waals surface area contributed by atoms with E-state index in [-0.39, 0.29) is 11.9 Å². The number of carbonyl (C=O) groups excluding carboxylic acids is 1. The first-order chi connectivity index (χ1) is 14.2. The zero-order chi connectivity index (χ0) is 21.5. The number of ether oxygens (including phenoxy) is 1. The van der Waals surface area contributed by atoms with E-state index < -0.39 is 6.03 Å². The fraction of sp³-hybridized carbons (Fsp3) is 0.435. The molecule has 4 rings (SSSR count). The summed E-state index contributed by atoms with van der Waals surface area (Å²) < 4.78 is 20.3. The maximum absolute atomic E-state index is 14.0. The number of benzene rings is 1. The van der Waals surface area contributed by atoms with Crippen molar-refractivity contribution in [2.75, 3.05) is 5.32 Å². The molecular weight excluding hydrogens is 401 g/mol. The zero-order valence-corrected chi connectivity index (χ0v) is 18.4. The number of nitrogens with two attached hydrogens (primary N) is 1. The third-order valence-corrected chi connectivity index (χ3v) is 7.04. The number of rotatable bonds is 4. The van der Waals surface area contributed by atoms with Crippen LogP contribution in [0.5, 0.6) is 5.75 Å². The first-order valence-electron chi connectivity index (χ1n) is 10.3. The van der Waals surface area contributed by atoms with Crippen molar-refractivity contribution < 1.29 is 13.9 Å². The summed E-state index contributed by atoms with van der Waals surface area (Å²) in [5, 5.41) is 5.40. The number of halogens is 1. The zero-order valence-electron chi connectivity index (χ0n) is 17.6. The molecule has 5 nitrogen and oxygen atoms in total. The van der Waals surface area contributed by atoms with Crippen LogP contribution >= 0.6 is 11.3 Å². The van der Waals surface area contributed by atoms with Gasteiger partial charge in [0.05, 0.1) is 24.0 Å². The number of hydrogen-bond acceptors (Lipinski definition) is 4. The van der Waals surface area contributed by atoms with Crippen molar-refractivity contribution in [3.8, 4) is 5.75 Å². The van der Waals surface area contributed by atoms with Crippen molar-refractivity contribution in [2.24, 2.45) is 11.1 Å². The fourth-order valence-electron chi connectivity index (χ4n) is 4.18. The van der Waals surface area contributed by atoms with E-state index in [1.165, 1.54) is 12.1 Å². The Morgan fingerprint density at radius 3 is 2.73 bits per heavy atom. The molecule has 0 saturated heterocycles. The van der Waals surface area contributed by atoms with Crippen LogP contribution in [0.1, 0.15) is 56.9 Å². The summed E-state index contributed by atoms with van der Waals surface area (Å²) in [5.41, 5.74) is 9.16. The van der Waals surface area contributed by atoms with Crippen molar-refractivity contribution in [3.63, 3.8) is 0 Å². The lowest BCUT2D eigenvalue weighted by Gasteiger charge is -2.35. The third-order valence-electron chi connectivity index (χ3n) is 6.13. The molecule has 2 heterocycles. The van der Waals surface area contributed by atoms with E-state index in [1.54, 1.807) is 22.3 Å². The predicted octanol–water partition coefficient (Wildman–Crippen LogP) is 5.93. The average Bonchev–Trinajstić information content (AvgIpc) is 3.15. The van der Waals surface area contributed by atoms with Crippen LogP contribution in [-0.4, -0.2) is 17.0 Å². The summed E-state index contributed by atoms with van der Waals surface area (Å²) in [6, 6.07) is 6.07. The van der Waals surface area contributed by atoms with Gasteiger partial charge in [-0.1, -0.05) is 13.8 Å². The SMILES string of the molecule is CC1=C(Nc2ccc(F)cc2OC2CCC(C)(C)CC2)c2ccsc2CN1C(N)=O. The standard InChI is InChI=1S/C23H28FN3O2S/c1-14-21(17-8-11-30-20(17)13-27(14)22(25)28)26-18-5-4-15(24)12-19(18)29-16-6-9-23(2,3)10-7-16/h4-5,8,11-12,16,26H,6-7,9-10,13H2,1-3H3,(H2,25,28). The Labute approximate surface area is 180 Å². The molecular formula is C23H28FN3O2S. The molecule has 1 aromatic carbocycles. The number of thiophene rings is 1. The molecule has 2 aliphatic rings. The molecule has 0 spiro atoms. The van der Waals surface area contributed by atoms with E-state index in [9.17, 15) is 9.18 Å². The van der Waals surface area contributed by atoms with E-state index in [2.05, 4.69) is 19.2 Å². The Hall–Kier alpha value is -2.54. The topological polar surface area (TPSA) is 67.6 Å². The van der Waals surface area contributed by atoms with Gasteiger partial charge in [0.25, 0.3) is 0 Å². The monoisotopic (exact) mass is 429 g/mol. The Bertz CT molecular complexity index is 988. The number of hydrogen-bond donors (Lipinski definition) is 2. The van der Waals surface area contributed by atoms with Gasteiger partial charge in [-0.25, -0.2) is 9.18 Å². The van der Waals surface area contributed by atoms with Gasteiger partial charge in [-0.05, 0) is 61.6 Å². The van der Waals surface area contributed by atoms with Crippen LogP contribution in [0.3, 0.4) is 0 Å². The first-order valence-corrected chi connectivity index (χ1v) is 11.2. The molecule has 3 N–H and O–H groups in total. The van der Waals surface area contributed by atoms with Gasteiger partial charge in [0, 0.05) is 22.2 Å². The summed E-state index contributed by atoms with van der Waals surface area (Å²) in [6.07, 6.45) is 4.15. The van der Waals surface area contributed by atoms with Crippen molar-refractivity contribution in [1.29, 1.82) is 0 Å². The van der Waals surface area contributed by atoms with Gasteiger partial charge in [0.1, 0.15) is 11.6 Å². The van der Waals surface area contributed by atoms with Crippen molar-refractivity contribution in [2.45, 2.75) is 59.1 Å². The third kappa shape index (κ3) is 4.17. The Morgan fingerprint density at radius 1 is 1.30 bits per heavy atom. The quantitative estimate of drug-likeness (QED) is 0.633. The molecule has 1 aromatic heterocycles. The molecule has 2 aromatic rings. The van der Waals surface area contributed by atoms with Gasteiger partial charge >= 0.3 is 6.03 Å². The molecule has 0 unspecified atom stereocenters. The number of nitrogens with zero attached hydrogens (tertiary/aromatic N) is 1. The summed E-state index contributed by atoms with van der Waals surface area (Å²) in [7, 11) is 0.